The van der Waals surface area contributed by atoms with Crippen LogP contribution in [-0.4, -0.2) is 9.97 Å². The summed E-state index contributed by atoms with van der Waals surface area (Å²) >= 11 is 0. The van der Waals surface area contributed by atoms with Crippen LogP contribution in [0.5, 0.6) is 0 Å². The molecule has 9 aromatic rings. The summed E-state index contributed by atoms with van der Waals surface area (Å²) < 4.78 is 6.33. The van der Waals surface area contributed by atoms with E-state index in [4.69, 9.17) is 14.4 Å². The van der Waals surface area contributed by atoms with Gasteiger partial charge in [-0.05, 0) is 75.5 Å². The molecule has 0 spiro atoms. The molecule has 9 rings (SSSR count). The average molecular weight is 601 g/mol. The van der Waals surface area contributed by atoms with Gasteiger partial charge in [-0.2, -0.15) is 0 Å². The summed E-state index contributed by atoms with van der Waals surface area (Å²) in [6.07, 6.45) is 0. The molecule has 0 aliphatic rings. The predicted octanol–water partition coefficient (Wildman–Crippen LogP) is 11.9. The highest BCUT2D eigenvalue weighted by Crippen LogP contribution is 2.39. The van der Waals surface area contributed by atoms with Crippen LogP contribution in [0.4, 0.5) is 0 Å². The Balaban J connectivity index is 1.28. The van der Waals surface area contributed by atoms with Gasteiger partial charge in [-0.25, -0.2) is 9.97 Å². The van der Waals surface area contributed by atoms with Crippen molar-refractivity contribution in [1.29, 1.82) is 0 Å². The van der Waals surface area contributed by atoms with Gasteiger partial charge in [0.25, 0.3) is 0 Å². The third-order valence-corrected chi connectivity index (χ3v) is 8.86. The maximum atomic E-state index is 6.33. The monoisotopic (exact) mass is 600 g/mol. The molecule has 0 N–H and O–H groups in total. The lowest BCUT2D eigenvalue weighted by molar-refractivity contribution is 0.669. The van der Waals surface area contributed by atoms with Crippen LogP contribution in [0, 0.1) is 0 Å². The van der Waals surface area contributed by atoms with E-state index in [1.807, 2.05) is 36.4 Å². The third kappa shape index (κ3) is 4.95. The first-order chi connectivity index (χ1) is 23.3. The van der Waals surface area contributed by atoms with E-state index >= 15 is 0 Å². The molecule has 220 valence electrons. The Hall–Kier alpha value is -6.32. The van der Waals surface area contributed by atoms with E-state index in [-0.39, 0.29) is 0 Å². The molecule has 0 fully saturated rings. The standard InChI is InChI=1S/C44H28N2O/c1-4-12-29(13-5-1)34-24-35(33-21-22-41-38(27-33)43-37-19-11-10-14-30(37)20-23-42(43)47-41)26-36(25-34)40-28-39(31-15-6-2-7-16-31)45-44(46-40)32-17-8-3-9-18-32/h1-28H. The summed E-state index contributed by atoms with van der Waals surface area (Å²) in [5.41, 5.74) is 11.1. The minimum Gasteiger partial charge on any atom is -0.456 e. The van der Waals surface area contributed by atoms with E-state index in [1.165, 1.54) is 10.8 Å². The van der Waals surface area contributed by atoms with Crippen molar-refractivity contribution in [3.63, 3.8) is 0 Å². The molecule has 2 aromatic heterocycles. The molecule has 0 amide bonds. The lowest BCUT2D eigenvalue weighted by Gasteiger charge is -2.13. The van der Waals surface area contributed by atoms with Crippen LogP contribution in [0.3, 0.4) is 0 Å². The fraction of sp³-hybridized carbons (Fsp3) is 0. The Kier molecular flexibility index (Phi) is 6.46. The van der Waals surface area contributed by atoms with Crippen molar-refractivity contribution in [3.05, 3.63) is 170 Å². The van der Waals surface area contributed by atoms with Crippen molar-refractivity contribution in [2.24, 2.45) is 0 Å². The number of aromatic nitrogens is 2. The van der Waals surface area contributed by atoms with Gasteiger partial charge in [-0.3, -0.25) is 0 Å². The smallest absolute Gasteiger partial charge is 0.160 e. The van der Waals surface area contributed by atoms with E-state index < -0.39 is 0 Å². The van der Waals surface area contributed by atoms with Crippen LogP contribution in [-0.2, 0) is 0 Å². The molecule has 0 bridgehead atoms. The second kappa shape index (κ2) is 11.2. The SMILES string of the molecule is c1ccc(-c2cc(-c3ccc4oc5ccc6ccccc6c5c4c3)cc(-c3cc(-c4ccccc4)nc(-c4ccccc4)n3)c2)cc1. The molecular formula is C44H28N2O. The molecule has 0 aliphatic heterocycles. The van der Waals surface area contributed by atoms with E-state index in [0.717, 1.165) is 72.3 Å². The molecule has 0 radical (unpaired) electrons. The molecule has 0 aliphatic carbocycles. The minimum absolute atomic E-state index is 0.701. The molecule has 0 atom stereocenters. The molecule has 2 heterocycles. The zero-order valence-electron chi connectivity index (χ0n) is 25.5. The molecular weight excluding hydrogens is 572 g/mol. The topological polar surface area (TPSA) is 38.9 Å². The van der Waals surface area contributed by atoms with E-state index in [9.17, 15) is 0 Å². The van der Waals surface area contributed by atoms with Crippen LogP contribution in [0.25, 0.3) is 88.9 Å². The molecule has 7 aromatic carbocycles. The minimum atomic E-state index is 0.701. The first kappa shape index (κ1) is 27.0. The molecule has 47 heavy (non-hydrogen) atoms. The van der Waals surface area contributed by atoms with Gasteiger partial charge in [0, 0.05) is 27.5 Å². The highest BCUT2D eigenvalue weighted by Gasteiger charge is 2.15. The van der Waals surface area contributed by atoms with Crippen molar-refractivity contribution in [3.8, 4) is 56.2 Å². The van der Waals surface area contributed by atoms with Crippen LogP contribution >= 0.6 is 0 Å². The first-order valence-electron chi connectivity index (χ1n) is 15.8. The van der Waals surface area contributed by atoms with Gasteiger partial charge in [0.05, 0.1) is 11.4 Å². The summed E-state index contributed by atoms with van der Waals surface area (Å²) in [6, 6.07) is 59.2. The zero-order valence-corrected chi connectivity index (χ0v) is 25.5. The number of hydrogen-bond donors (Lipinski definition) is 0. The maximum absolute atomic E-state index is 6.33. The van der Waals surface area contributed by atoms with Gasteiger partial charge < -0.3 is 4.42 Å². The van der Waals surface area contributed by atoms with Gasteiger partial charge >= 0.3 is 0 Å². The predicted molar refractivity (Wildman–Crippen MR) is 194 cm³/mol. The van der Waals surface area contributed by atoms with E-state index in [2.05, 4.69) is 133 Å². The van der Waals surface area contributed by atoms with E-state index in [0.29, 0.717) is 5.82 Å². The van der Waals surface area contributed by atoms with Crippen LogP contribution < -0.4 is 0 Å². The first-order valence-corrected chi connectivity index (χ1v) is 15.8. The second-order valence-corrected chi connectivity index (χ2v) is 11.8. The van der Waals surface area contributed by atoms with Crippen molar-refractivity contribution in [2.75, 3.05) is 0 Å². The molecule has 3 nitrogen and oxygen atoms in total. The molecule has 0 unspecified atom stereocenters. The summed E-state index contributed by atoms with van der Waals surface area (Å²) in [4.78, 5) is 10.2. The van der Waals surface area contributed by atoms with Gasteiger partial charge in [0.1, 0.15) is 11.2 Å². The zero-order chi connectivity index (χ0) is 31.2. The fourth-order valence-corrected chi connectivity index (χ4v) is 6.53. The van der Waals surface area contributed by atoms with Crippen molar-refractivity contribution >= 4 is 32.7 Å². The van der Waals surface area contributed by atoms with Crippen molar-refractivity contribution in [1.82, 2.24) is 9.97 Å². The fourth-order valence-electron chi connectivity index (χ4n) is 6.53. The highest BCUT2D eigenvalue weighted by atomic mass is 16.3. The Bertz CT molecular complexity index is 2500. The quantitative estimate of drug-likeness (QED) is 0.197. The summed E-state index contributed by atoms with van der Waals surface area (Å²) in [7, 11) is 0. The van der Waals surface area contributed by atoms with Crippen molar-refractivity contribution < 1.29 is 4.42 Å². The van der Waals surface area contributed by atoms with Crippen LogP contribution in [0.15, 0.2) is 174 Å². The maximum Gasteiger partial charge on any atom is 0.160 e. The Morgan fingerprint density at radius 1 is 0.340 bits per heavy atom. The summed E-state index contributed by atoms with van der Waals surface area (Å²) in [6.45, 7) is 0. The Morgan fingerprint density at radius 2 is 0.915 bits per heavy atom. The van der Waals surface area contributed by atoms with Crippen LogP contribution in [0.2, 0.25) is 0 Å². The number of fused-ring (bicyclic) bond motifs is 5. The average Bonchev–Trinajstić information content (AvgIpc) is 3.54. The van der Waals surface area contributed by atoms with Gasteiger partial charge in [0.15, 0.2) is 5.82 Å². The number of hydrogen-bond acceptors (Lipinski definition) is 3. The van der Waals surface area contributed by atoms with Crippen molar-refractivity contribution in [2.45, 2.75) is 0 Å². The second-order valence-electron chi connectivity index (χ2n) is 11.8. The van der Waals surface area contributed by atoms with Gasteiger partial charge in [0.2, 0.25) is 0 Å². The lowest BCUT2D eigenvalue weighted by atomic mass is 9.93. The number of rotatable bonds is 5. The lowest BCUT2D eigenvalue weighted by Crippen LogP contribution is -1.96. The van der Waals surface area contributed by atoms with Crippen LogP contribution in [0.1, 0.15) is 0 Å². The summed E-state index contributed by atoms with van der Waals surface area (Å²) in [5, 5.41) is 4.66. The van der Waals surface area contributed by atoms with Gasteiger partial charge in [-0.15, -0.1) is 0 Å². The Morgan fingerprint density at radius 3 is 1.66 bits per heavy atom. The summed E-state index contributed by atoms with van der Waals surface area (Å²) in [5.74, 6) is 0.701. The number of furan rings is 1. The van der Waals surface area contributed by atoms with E-state index in [1.54, 1.807) is 0 Å². The highest BCUT2D eigenvalue weighted by molar-refractivity contribution is 6.19. The third-order valence-electron chi connectivity index (χ3n) is 8.86. The van der Waals surface area contributed by atoms with Gasteiger partial charge in [-0.1, -0.05) is 127 Å². The molecule has 0 saturated heterocycles. The molecule has 3 heteroatoms. The normalized spacial score (nSPS) is 11.4. The Labute approximate surface area is 272 Å². The largest absolute Gasteiger partial charge is 0.456 e. The number of benzene rings is 7. The number of nitrogens with zero attached hydrogens (tertiary/aromatic N) is 2. The molecule has 0 saturated carbocycles.